The summed E-state index contributed by atoms with van der Waals surface area (Å²) >= 11 is 0. The van der Waals surface area contributed by atoms with Crippen LogP contribution in [0.5, 0.6) is 0 Å². The molecule has 0 aliphatic rings. The lowest BCUT2D eigenvalue weighted by Crippen LogP contribution is -2.27. The van der Waals surface area contributed by atoms with Gasteiger partial charge in [0.25, 0.3) is 0 Å². The van der Waals surface area contributed by atoms with Crippen LogP contribution in [0, 0.1) is 0 Å². The number of hydrogen-bond donors (Lipinski definition) is 2. The highest BCUT2D eigenvalue weighted by molar-refractivity contribution is 4.58. The Hall–Kier alpha value is -0.120. The van der Waals surface area contributed by atoms with Crippen molar-refractivity contribution >= 4 is 0 Å². The Labute approximate surface area is 108 Å². The van der Waals surface area contributed by atoms with Gasteiger partial charge in [-0.2, -0.15) is 0 Å². The topological polar surface area (TPSA) is 27.3 Å². The van der Waals surface area contributed by atoms with Crippen LogP contribution in [0.2, 0.25) is 0 Å². The molecule has 0 aromatic heterocycles. The van der Waals surface area contributed by atoms with Crippen LogP contribution in [-0.2, 0) is 0 Å². The molecular weight excluding hydrogens is 210 g/mol. The molecule has 0 aliphatic carbocycles. The van der Waals surface area contributed by atoms with Gasteiger partial charge >= 0.3 is 0 Å². The van der Waals surface area contributed by atoms with E-state index in [1.165, 1.54) is 58.4 Å². The first-order valence-electron chi connectivity index (χ1n) is 7.48. The monoisotopic (exact) mass is 243 g/mol. The minimum Gasteiger partial charge on any atom is -0.317 e. The van der Waals surface area contributed by atoms with E-state index in [1.54, 1.807) is 0 Å². The highest BCUT2D eigenvalue weighted by Crippen LogP contribution is 1.98. The van der Waals surface area contributed by atoms with Crippen LogP contribution >= 0.6 is 0 Å². The molecule has 3 heteroatoms. The minimum atomic E-state index is 1.10. The van der Waals surface area contributed by atoms with E-state index in [2.05, 4.69) is 36.3 Å². The van der Waals surface area contributed by atoms with Crippen molar-refractivity contribution < 1.29 is 0 Å². The minimum absolute atomic E-state index is 1.10. The Balaban J connectivity index is 3.30. The van der Waals surface area contributed by atoms with Crippen LogP contribution in [0.15, 0.2) is 0 Å². The fraction of sp³-hybridized carbons (Fsp3) is 1.00. The van der Waals surface area contributed by atoms with Crippen molar-refractivity contribution in [3.63, 3.8) is 0 Å². The van der Waals surface area contributed by atoms with Crippen molar-refractivity contribution in [3.8, 4) is 0 Å². The van der Waals surface area contributed by atoms with Gasteiger partial charge in [-0.3, -0.25) is 0 Å². The third-order valence-corrected chi connectivity index (χ3v) is 3.10. The maximum Gasteiger partial charge on any atom is -0.00184 e. The van der Waals surface area contributed by atoms with E-state index < -0.39 is 0 Å². The van der Waals surface area contributed by atoms with Gasteiger partial charge in [0.15, 0.2) is 0 Å². The Bertz CT molecular complexity index is 125. The fourth-order valence-electron chi connectivity index (χ4n) is 1.95. The first-order chi connectivity index (χ1) is 8.35. The van der Waals surface area contributed by atoms with Crippen molar-refractivity contribution in [2.45, 2.75) is 46.5 Å². The van der Waals surface area contributed by atoms with Crippen LogP contribution in [0.25, 0.3) is 0 Å². The number of hydrogen-bond acceptors (Lipinski definition) is 3. The molecule has 0 saturated heterocycles. The third-order valence-electron chi connectivity index (χ3n) is 3.10. The summed E-state index contributed by atoms with van der Waals surface area (Å²) in [6, 6.07) is 0. The summed E-state index contributed by atoms with van der Waals surface area (Å²) in [4.78, 5) is 2.58. The number of unbranched alkanes of at least 4 members (excludes halogenated alkanes) is 2. The molecule has 0 spiro atoms. The first kappa shape index (κ1) is 16.9. The summed E-state index contributed by atoms with van der Waals surface area (Å²) in [7, 11) is 0. The average molecular weight is 243 g/mol. The maximum absolute atomic E-state index is 3.38. The molecule has 0 aromatic carbocycles. The fourth-order valence-corrected chi connectivity index (χ4v) is 1.95. The van der Waals surface area contributed by atoms with Gasteiger partial charge < -0.3 is 15.5 Å². The zero-order chi connectivity index (χ0) is 12.8. The zero-order valence-corrected chi connectivity index (χ0v) is 12.2. The predicted molar refractivity (Wildman–Crippen MR) is 77.7 cm³/mol. The first-order valence-corrected chi connectivity index (χ1v) is 7.48. The molecule has 104 valence electrons. The van der Waals surface area contributed by atoms with E-state index >= 15 is 0 Å². The quantitative estimate of drug-likeness (QED) is 0.485. The Morgan fingerprint density at radius 1 is 0.706 bits per heavy atom. The van der Waals surface area contributed by atoms with Crippen molar-refractivity contribution in [2.24, 2.45) is 0 Å². The van der Waals surface area contributed by atoms with Crippen molar-refractivity contribution in [2.75, 3.05) is 45.8 Å². The van der Waals surface area contributed by atoms with Crippen LogP contribution in [0.4, 0.5) is 0 Å². The molecule has 0 unspecified atom stereocenters. The molecule has 0 amide bonds. The summed E-state index contributed by atoms with van der Waals surface area (Å²) in [6.07, 6.45) is 5.27. The number of rotatable bonds is 13. The van der Waals surface area contributed by atoms with E-state index in [-0.39, 0.29) is 0 Å². The molecule has 2 N–H and O–H groups in total. The second-order valence-electron chi connectivity index (χ2n) is 4.56. The van der Waals surface area contributed by atoms with E-state index in [4.69, 9.17) is 0 Å². The highest BCUT2D eigenvalue weighted by Gasteiger charge is 2.01. The maximum atomic E-state index is 3.38. The van der Waals surface area contributed by atoms with Crippen LogP contribution in [-0.4, -0.2) is 50.7 Å². The SMILES string of the molecule is CCNCCCCN(CC)CCCCNCC. The van der Waals surface area contributed by atoms with Crippen molar-refractivity contribution in [1.82, 2.24) is 15.5 Å². The highest BCUT2D eigenvalue weighted by atomic mass is 15.1. The number of nitrogens with zero attached hydrogens (tertiary/aromatic N) is 1. The summed E-state index contributed by atoms with van der Waals surface area (Å²) in [5.74, 6) is 0. The molecule has 0 aliphatic heterocycles. The largest absolute Gasteiger partial charge is 0.317 e. The van der Waals surface area contributed by atoms with Gasteiger partial charge in [0.1, 0.15) is 0 Å². The zero-order valence-electron chi connectivity index (χ0n) is 12.2. The van der Waals surface area contributed by atoms with E-state index in [0.29, 0.717) is 0 Å². The molecule has 3 nitrogen and oxygen atoms in total. The lowest BCUT2D eigenvalue weighted by Gasteiger charge is -2.20. The van der Waals surface area contributed by atoms with Gasteiger partial charge in [-0.1, -0.05) is 20.8 Å². The molecule has 0 rings (SSSR count). The Morgan fingerprint density at radius 2 is 1.18 bits per heavy atom. The predicted octanol–water partition coefficient (Wildman–Crippen LogP) is 2.09. The molecule has 0 radical (unpaired) electrons. The van der Waals surface area contributed by atoms with E-state index in [0.717, 1.165) is 13.1 Å². The van der Waals surface area contributed by atoms with Crippen molar-refractivity contribution in [1.29, 1.82) is 0 Å². The summed E-state index contributed by atoms with van der Waals surface area (Å²) in [5.41, 5.74) is 0. The lowest BCUT2D eigenvalue weighted by molar-refractivity contribution is 0.275. The molecule has 0 atom stereocenters. The van der Waals surface area contributed by atoms with Crippen LogP contribution in [0.1, 0.15) is 46.5 Å². The third kappa shape index (κ3) is 12.1. The molecule has 0 aromatic rings. The second-order valence-corrected chi connectivity index (χ2v) is 4.56. The Kier molecular flexibility index (Phi) is 13.8. The van der Waals surface area contributed by atoms with Gasteiger partial charge in [-0.15, -0.1) is 0 Å². The molecule has 0 saturated carbocycles. The van der Waals surface area contributed by atoms with Crippen molar-refractivity contribution in [3.05, 3.63) is 0 Å². The smallest absolute Gasteiger partial charge is 0.00184 e. The van der Waals surface area contributed by atoms with Gasteiger partial charge in [-0.05, 0) is 71.5 Å². The average Bonchev–Trinajstić information content (AvgIpc) is 2.36. The second kappa shape index (κ2) is 13.9. The molecule has 17 heavy (non-hydrogen) atoms. The molecule has 0 heterocycles. The molecule has 0 fully saturated rings. The van der Waals surface area contributed by atoms with E-state index in [1.807, 2.05) is 0 Å². The van der Waals surface area contributed by atoms with Crippen LogP contribution < -0.4 is 10.6 Å². The Morgan fingerprint density at radius 3 is 1.53 bits per heavy atom. The van der Waals surface area contributed by atoms with Gasteiger partial charge in [0.05, 0.1) is 0 Å². The normalized spacial score (nSPS) is 11.3. The molecular formula is C14H33N3. The lowest BCUT2D eigenvalue weighted by atomic mass is 10.2. The van der Waals surface area contributed by atoms with E-state index in [9.17, 15) is 0 Å². The standard InChI is InChI=1S/C14H33N3/c1-4-15-11-7-9-13-17(6-3)14-10-8-12-16-5-2/h15-16H,4-14H2,1-3H3. The van der Waals surface area contributed by atoms with Gasteiger partial charge in [0.2, 0.25) is 0 Å². The van der Waals surface area contributed by atoms with Crippen LogP contribution in [0.3, 0.4) is 0 Å². The summed E-state index contributed by atoms with van der Waals surface area (Å²) in [5, 5.41) is 6.76. The van der Waals surface area contributed by atoms with Gasteiger partial charge in [-0.25, -0.2) is 0 Å². The summed E-state index contributed by atoms with van der Waals surface area (Å²) < 4.78 is 0. The summed E-state index contributed by atoms with van der Waals surface area (Å²) in [6.45, 7) is 14.9. The molecule has 0 bridgehead atoms. The number of nitrogens with one attached hydrogen (secondary N) is 2. The van der Waals surface area contributed by atoms with Gasteiger partial charge in [0, 0.05) is 0 Å².